The zero-order chi connectivity index (χ0) is 19.5. The minimum absolute atomic E-state index is 0.0683. The van der Waals surface area contributed by atoms with Crippen molar-refractivity contribution in [1.82, 2.24) is 9.71 Å². The Morgan fingerprint density at radius 3 is 2.46 bits per heavy atom. The molecule has 5 N–H and O–H groups in total. The summed E-state index contributed by atoms with van der Waals surface area (Å²) in [5, 5.41) is 47.6. The first kappa shape index (κ1) is 19.6. The molecule has 0 aliphatic carbocycles. The van der Waals surface area contributed by atoms with Gasteiger partial charge in [0.25, 0.3) is 0 Å². The summed E-state index contributed by atoms with van der Waals surface area (Å²) in [6.07, 6.45) is 0.875. The molecule has 0 aliphatic rings. The third-order valence-corrected chi connectivity index (χ3v) is 4.19. The second-order valence-corrected chi connectivity index (χ2v) is 6.23. The highest BCUT2D eigenvalue weighted by Gasteiger charge is 2.45. The van der Waals surface area contributed by atoms with Crippen molar-refractivity contribution in [2.24, 2.45) is 0 Å². The maximum absolute atomic E-state index is 12.3. The molecule has 140 valence electrons. The number of hydrogen-bond donors (Lipinski definition) is 5. The molecule has 1 aromatic carbocycles. The summed E-state index contributed by atoms with van der Waals surface area (Å²) in [5.74, 6) is -0.983. The lowest BCUT2D eigenvalue weighted by atomic mass is 9.84. The Labute approximate surface area is 149 Å². The van der Waals surface area contributed by atoms with Crippen LogP contribution in [0.3, 0.4) is 0 Å². The summed E-state index contributed by atoms with van der Waals surface area (Å²) in [7, 11) is 0. The van der Waals surface area contributed by atoms with E-state index < -0.39 is 35.0 Å². The van der Waals surface area contributed by atoms with Crippen molar-refractivity contribution >= 4 is 5.97 Å². The molecule has 0 fully saturated rings. The van der Waals surface area contributed by atoms with Crippen LogP contribution >= 0.6 is 0 Å². The minimum atomic E-state index is -2.12. The number of benzene rings is 1. The van der Waals surface area contributed by atoms with Gasteiger partial charge in [-0.05, 0) is 19.4 Å². The van der Waals surface area contributed by atoms with E-state index in [2.05, 4.69) is 4.98 Å². The number of carbonyl (C=O) groups excluding carboxylic acids is 1. The van der Waals surface area contributed by atoms with Gasteiger partial charge in [-0.25, -0.2) is 9.78 Å². The molecule has 0 saturated carbocycles. The Hall–Kier alpha value is -2.75. The van der Waals surface area contributed by atoms with Crippen LogP contribution in [0.2, 0.25) is 0 Å². The van der Waals surface area contributed by atoms with Crippen molar-refractivity contribution in [3.8, 4) is 0 Å². The van der Waals surface area contributed by atoms with E-state index in [1.807, 2.05) is 6.07 Å². The van der Waals surface area contributed by atoms with Crippen LogP contribution in [-0.4, -0.2) is 48.4 Å². The van der Waals surface area contributed by atoms with Crippen molar-refractivity contribution in [3.63, 3.8) is 0 Å². The van der Waals surface area contributed by atoms with E-state index in [0.29, 0.717) is 0 Å². The molecule has 2 unspecified atom stereocenters. The lowest BCUT2D eigenvalue weighted by molar-refractivity contribution is -0.160. The van der Waals surface area contributed by atoms with Gasteiger partial charge in [-0.2, -0.15) is 4.73 Å². The lowest BCUT2D eigenvalue weighted by Crippen LogP contribution is -2.51. The standard InChI is InChI=1S/C17H21N3O6/c1-16(23,10-21)17(2,24)12-8-20(25)14(18)13(19-12)15(22)26-9-11-6-4-3-5-7-11/h3-8,18,21,23-25H,9-10H2,1-2H3. The molecule has 1 heterocycles. The topological polar surface area (TPSA) is 149 Å². The van der Waals surface area contributed by atoms with Crippen LogP contribution < -0.4 is 5.49 Å². The molecule has 9 nitrogen and oxygen atoms in total. The van der Waals surface area contributed by atoms with E-state index in [9.17, 15) is 25.3 Å². The van der Waals surface area contributed by atoms with Gasteiger partial charge in [-0.15, -0.1) is 0 Å². The second-order valence-electron chi connectivity index (χ2n) is 6.23. The highest BCUT2D eigenvalue weighted by Crippen LogP contribution is 2.30. The molecule has 26 heavy (non-hydrogen) atoms. The Kier molecular flexibility index (Phi) is 5.45. The number of nitrogens with zero attached hydrogens (tertiary/aromatic N) is 2. The van der Waals surface area contributed by atoms with Crippen LogP contribution in [0.15, 0.2) is 36.5 Å². The van der Waals surface area contributed by atoms with E-state index in [1.165, 1.54) is 6.92 Å². The first-order valence-electron chi connectivity index (χ1n) is 7.75. The normalized spacial score (nSPS) is 15.7. The molecule has 0 amide bonds. The predicted octanol–water partition coefficient (Wildman–Crippen LogP) is -0.0923. The van der Waals surface area contributed by atoms with E-state index in [-0.39, 0.29) is 17.0 Å². The largest absolute Gasteiger partial charge is 0.456 e. The van der Waals surface area contributed by atoms with Crippen LogP contribution in [0.25, 0.3) is 0 Å². The van der Waals surface area contributed by atoms with Crippen molar-refractivity contribution in [2.45, 2.75) is 31.7 Å². The maximum Gasteiger partial charge on any atom is 0.361 e. The van der Waals surface area contributed by atoms with Gasteiger partial charge in [-0.3, -0.25) is 5.41 Å². The fraction of sp³-hybridized carbons (Fsp3) is 0.353. The molecule has 2 atom stereocenters. The summed E-state index contributed by atoms with van der Waals surface area (Å²) >= 11 is 0. The van der Waals surface area contributed by atoms with Gasteiger partial charge in [0.1, 0.15) is 17.8 Å². The van der Waals surface area contributed by atoms with E-state index >= 15 is 0 Å². The zero-order valence-corrected chi connectivity index (χ0v) is 14.4. The number of aromatic nitrogens is 2. The number of aliphatic hydroxyl groups excluding tert-OH is 1. The Bertz CT molecular complexity index is 845. The first-order valence-corrected chi connectivity index (χ1v) is 7.75. The fourth-order valence-electron chi connectivity index (χ4n) is 2.09. The molecule has 0 spiro atoms. The average molecular weight is 363 g/mol. The summed E-state index contributed by atoms with van der Waals surface area (Å²) < 4.78 is 5.37. The van der Waals surface area contributed by atoms with Crippen LogP contribution in [0, 0.1) is 5.41 Å². The number of esters is 1. The number of ether oxygens (including phenoxy) is 1. The Morgan fingerprint density at radius 1 is 1.27 bits per heavy atom. The average Bonchev–Trinajstić information content (AvgIpc) is 2.62. The maximum atomic E-state index is 12.3. The summed E-state index contributed by atoms with van der Waals surface area (Å²) in [6.45, 7) is 1.46. The molecule has 0 saturated heterocycles. The van der Waals surface area contributed by atoms with Crippen LogP contribution in [-0.2, 0) is 16.9 Å². The van der Waals surface area contributed by atoms with Gasteiger partial charge in [0, 0.05) is 0 Å². The monoisotopic (exact) mass is 363 g/mol. The molecular formula is C17H21N3O6. The number of rotatable bonds is 6. The SMILES string of the molecule is CC(O)(CO)C(C)(O)c1cn(O)c(=N)c(C(=O)OCc2ccccc2)n1. The van der Waals surface area contributed by atoms with Gasteiger partial charge >= 0.3 is 5.97 Å². The molecule has 2 rings (SSSR count). The number of aliphatic hydroxyl groups is 3. The molecule has 0 radical (unpaired) electrons. The van der Waals surface area contributed by atoms with E-state index in [0.717, 1.165) is 18.7 Å². The smallest absolute Gasteiger partial charge is 0.361 e. The van der Waals surface area contributed by atoms with E-state index in [1.54, 1.807) is 24.3 Å². The van der Waals surface area contributed by atoms with Crippen molar-refractivity contribution < 1.29 is 30.1 Å². The third kappa shape index (κ3) is 3.74. The summed E-state index contributed by atoms with van der Waals surface area (Å²) in [6, 6.07) is 8.84. The molecule has 2 aromatic rings. The van der Waals surface area contributed by atoms with Gasteiger partial charge in [0.05, 0.1) is 18.5 Å². The van der Waals surface area contributed by atoms with Gasteiger partial charge in [0.2, 0.25) is 0 Å². The summed E-state index contributed by atoms with van der Waals surface area (Å²) in [4.78, 5) is 16.1. The van der Waals surface area contributed by atoms with Gasteiger partial charge in [0.15, 0.2) is 11.2 Å². The number of nitrogens with one attached hydrogen (secondary N) is 1. The predicted molar refractivity (Wildman–Crippen MR) is 88.1 cm³/mol. The fourth-order valence-corrected chi connectivity index (χ4v) is 2.09. The number of hydrogen-bond acceptors (Lipinski definition) is 8. The van der Waals surface area contributed by atoms with Crippen molar-refractivity contribution in [3.05, 3.63) is 59.0 Å². The molecule has 0 aliphatic heterocycles. The number of carbonyl (C=O) groups is 1. The molecular weight excluding hydrogens is 342 g/mol. The van der Waals surface area contributed by atoms with Crippen molar-refractivity contribution in [2.75, 3.05) is 6.61 Å². The van der Waals surface area contributed by atoms with Gasteiger partial charge < -0.3 is 25.3 Å². The van der Waals surface area contributed by atoms with Crippen LogP contribution in [0.1, 0.15) is 35.6 Å². The Balaban J connectivity index is 2.36. The van der Waals surface area contributed by atoms with Crippen LogP contribution in [0.5, 0.6) is 0 Å². The minimum Gasteiger partial charge on any atom is -0.456 e. The van der Waals surface area contributed by atoms with Crippen molar-refractivity contribution in [1.29, 1.82) is 5.41 Å². The first-order chi connectivity index (χ1) is 12.1. The molecule has 1 aromatic heterocycles. The van der Waals surface area contributed by atoms with Crippen LogP contribution in [0.4, 0.5) is 0 Å². The molecule has 9 heteroatoms. The van der Waals surface area contributed by atoms with Gasteiger partial charge in [-0.1, -0.05) is 30.3 Å². The lowest BCUT2D eigenvalue weighted by Gasteiger charge is -2.36. The Morgan fingerprint density at radius 2 is 1.88 bits per heavy atom. The third-order valence-electron chi connectivity index (χ3n) is 4.19. The van der Waals surface area contributed by atoms with E-state index in [4.69, 9.17) is 10.1 Å². The highest BCUT2D eigenvalue weighted by molar-refractivity contribution is 5.86. The molecule has 0 bridgehead atoms. The quantitative estimate of drug-likeness (QED) is 0.355. The summed E-state index contributed by atoms with van der Waals surface area (Å²) in [5.41, 5.74) is -4.92. The second kappa shape index (κ2) is 7.24. The zero-order valence-electron chi connectivity index (χ0n) is 14.4. The highest BCUT2D eigenvalue weighted by atomic mass is 16.5.